The number of rotatable bonds is 7. The van der Waals surface area contributed by atoms with E-state index in [9.17, 15) is 4.79 Å². The number of thiocarbonyl (C=S) groups is 1. The molecule has 5 rings (SSSR count). The fourth-order valence-electron chi connectivity index (χ4n) is 5.27. The van der Waals surface area contributed by atoms with Gasteiger partial charge in [-0.15, -0.1) is 0 Å². The van der Waals surface area contributed by atoms with Crippen molar-refractivity contribution >= 4 is 74.4 Å². The van der Waals surface area contributed by atoms with Gasteiger partial charge in [-0.1, -0.05) is 104 Å². The average Bonchev–Trinajstić information content (AvgIpc) is 3.54. The van der Waals surface area contributed by atoms with E-state index < -0.39 is 0 Å². The Morgan fingerprint density at radius 1 is 1.14 bits per heavy atom. The van der Waals surface area contributed by atoms with Gasteiger partial charge in [0, 0.05) is 40.3 Å². The predicted octanol–water partition coefficient (Wildman–Crippen LogP) is 8.34. The van der Waals surface area contributed by atoms with Crippen molar-refractivity contribution < 1.29 is 4.79 Å². The van der Waals surface area contributed by atoms with Crippen LogP contribution in [0.1, 0.15) is 55.7 Å². The van der Waals surface area contributed by atoms with E-state index >= 15 is 0 Å². The van der Waals surface area contributed by atoms with Crippen LogP contribution in [-0.4, -0.2) is 26.2 Å². The maximum atomic E-state index is 13.3. The molecule has 0 radical (unpaired) electrons. The molecule has 35 heavy (non-hydrogen) atoms. The number of carbonyl (C=O) groups excluding carboxylic acids is 1. The van der Waals surface area contributed by atoms with Crippen LogP contribution in [-0.2, 0) is 17.8 Å². The van der Waals surface area contributed by atoms with E-state index in [2.05, 4.69) is 35.9 Å². The fraction of sp³-hybridized carbons (Fsp3) is 0.357. The Balaban J connectivity index is 1.47. The Hall–Kier alpha value is -1.79. The summed E-state index contributed by atoms with van der Waals surface area (Å²) >= 11 is 19.6. The molecule has 3 nitrogen and oxygen atoms in total. The van der Waals surface area contributed by atoms with Crippen LogP contribution in [0, 0.1) is 5.92 Å². The zero-order valence-corrected chi connectivity index (χ0v) is 22.9. The standard InChI is InChI=1S/C28H28Cl2N2OS2/c1-2-19-8-5-9-23-21(17-31(26(19)23)16-20-10-11-22(29)15-24(20)30)14-25-27(33)32(28(34)35-25)13-12-18-6-3-4-7-18/h5,8-11,14-15,17-18H,2-4,6-7,12-13,16H2,1H3/b25-14-. The first-order valence-electron chi connectivity index (χ1n) is 12.2. The molecule has 0 spiro atoms. The molecule has 1 saturated carbocycles. The number of aryl methyl sites for hydroxylation is 1. The van der Waals surface area contributed by atoms with E-state index in [-0.39, 0.29) is 5.91 Å². The van der Waals surface area contributed by atoms with Crippen LogP contribution in [0.15, 0.2) is 47.5 Å². The number of fused-ring (bicyclic) bond motifs is 1. The topological polar surface area (TPSA) is 25.2 Å². The maximum Gasteiger partial charge on any atom is 0.266 e. The highest BCUT2D eigenvalue weighted by Crippen LogP contribution is 2.37. The van der Waals surface area contributed by atoms with Gasteiger partial charge in [-0.25, -0.2) is 0 Å². The van der Waals surface area contributed by atoms with Crippen LogP contribution in [0.2, 0.25) is 10.0 Å². The van der Waals surface area contributed by atoms with E-state index in [0.717, 1.165) is 41.8 Å². The second kappa shape index (κ2) is 10.7. The van der Waals surface area contributed by atoms with Crippen LogP contribution in [0.5, 0.6) is 0 Å². The van der Waals surface area contributed by atoms with Gasteiger partial charge in [0.1, 0.15) is 4.32 Å². The summed E-state index contributed by atoms with van der Waals surface area (Å²) in [5, 5.41) is 2.41. The van der Waals surface area contributed by atoms with Crippen LogP contribution in [0.3, 0.4) is 0 Å². The minimum atomic E-state index is 0.0336. The van der Waals surface area contributed by atoms with Gasteiger partial charge in [0.25, 0.3) is 5.91 Å². The van der Waals surface area contributed by atoms with Crippen LogP contribution < -0.4 is 0 Å². The highest BCUT2D eigenvalue weighted by Gasteiger charge is 2.32. The molecule has 0 N–H and O–H groups in total. The number of hydrogen-bond acceptors (Lipinski definition) is 3. The molecule has 1 saturated heterocycles. The van der Waals surface area contributed by atoms with Crippen molar-refractivity contribution in [2.75, 3.05) is 6.54 Å². The molecule has 7 heteroatoms. The molecule has 3 aromatic rings. The first kappa shape index (κ1) is 24.9. The summed E-state index contributed by atoms with van der Waals surface area (Å²) in [5.74, 6) is 0.764. The molecule has 1 amide bonds. The number of hydrogen-bond donors (Lipinski definition) is 0. The summed E-state index contributed by atoms with van der Waals surface area (Å²) in [5.41, 5.74) is 4.46. The van der Waals surface area contributed by atoms with Gasteiger partial charge in [0.15, 0.2) is 0 Å². The zero-order chi connectivity index (χ0) is 24.5. The van der Waals surface area contributed by atoms with Gasteiger partial charge in [0.05, 0.1) is 10.4 Å². The number of nitrogens with zero attached hydrogens (tertiary/aromatic N) is 2. The van der Waals surface area contributed by atoms with Crippen molar-refractivity contribution in [2.45, 2.75) is 52.0 Å². The van der Waals surface area contributed by atoms with Crippen molar-refractivity contribution in [3.63, 3.8) is 0 Å². The highest BCUT2D eigenvalue weighted by atomic mass is 35.5. The predicted molar refractivity (Wildman–Crippen MR) is 153 cm³/mol. The lowest BCUT2D eigenvalue weighted by atomic mass is 10.0. The Morgan fingerprint density at radius 3 is 2.69 bits per heavy atom. The van der Waals surface area contributed by atoms with E-state index in [1.807, 2.05) is 18.2 Å². The summed E-state index contributed by atoms with van der Waals surface area (Å²) in [7, 11) is 0. The Bertz CT molecular complexity index is 1320. The third kappa shape index (κ3) is 5.20. The smallest absolute Gasteiger partial charge is 0.266 e. The van der Waals surface area contributed by atoms with E-state index in [1.165, 1.54) is 48.5 Å². The first-order valence-corrected chi connectivity index (χ1v) is 14.2. The number of aromatic nitrogens is 1. The number of amides is 1. The van der Waals surface area contributed by atoms with Crippen LogP contribution in [0.25, 0.3) is 17.0 Å². The molecule has 2 heterocycles. The summed E-state index contributed by atoms with van der Waals surface area (Å²) in [6.07, 6.45) is 11.3. The summed E-state index contributed by atoms with van der Waals surface area (Å²) < 4.78 is 2.90. The SMILES string of the molecule is CCc1cccc2c(/C=C3\SC(=S)N(CCC4CCCC4)C3=O)cn(Cc3ccc(Cl)cc3Cl)c12. The average molecular weight is 544 g/mol. The van der Waals surface area contributed by atoms with Gasteiger partial charge in [-0.2, -0.15) is 0 Å². The molecule has 1 aliphatic heterocycles. The highest BCUT2D eigenvalue weighted by molar-refractivity contribution is 8.26. The molecule has 1 aromatic heterocycles. The molecule has 0 unspecified atom stereocenters. The second-order valence-electron chi connectivity index (χ2n) is 9.39. The molecule has 1 aliphatic carbocycles. The molecule has 182 valence electrons. The summed E-state index contributed by atoms with van der Waals surface area (Å²) in [6.45, 7) is 3.51. The molecule has 0 atom stereocenters. The molecule has 2 aliphatic rings. The number of carbonyl (C=O) groups is 1. The molecule has 2 aromatic carbocycles. The number of thioether (sulfide) groups is 1. The monoisotopic (exact) mass is 542 g/mol. The fourth-order valence-corrected chi connectivity index (χ4v) is 7.04. The third-order valence-corrected chi connectivity index (χ3v) is 9.11. The van der Waals surface area contributed by atoms with Gasteiger partial charge in [-0.05, 0) is 48.1 Å². The van der Waals surface area contributed by atoms with Gasteiger partial charge >= 0.3 is 0 Å². The quantitative estimate of drug-likeness (QED) is 0.221. The first-order chi connectivity index (χ1) is 16.9. The van der Waals surface area contributed by atoms with Crippen molar-refractivity contribution in [3.8, 4) is 0 Å². The van der Waals surface area contributed by atoms with Gasteiger partial charge < -0.3 is 4.57 Å². The summed E-state index contributed by atoms with van der Waals surface area (Å²) in [4.78, 5) is 15.8. The van der Waals surface area contributed by atoms with Crippen molar-refractivity contribution in [2.24, 2.45) is 5.92 Å². The van der Waals surface area contributed by atoms with Crippen molar-refractivity contribution in [1.82, 2.24) is 9.47 Å². The summed E-state index contributed by atoms with van der Waals surface area (Å²) in [6, 6.07) is 12.0. The lowest BCUT2D eigenvalue weighted by molar-refractivity contribution is -0.122. The minimum absolute atomic E-state index is 0.0336. The van der Waals surface area contributed by atoms with Gasteiger partial charge in [-0.3, -0.25) is 9.69 Å². The number of benzene rings is 2. The largest absolute Gasteiger partial charge is 0.342 e. The normalized spacial score (nSPS) is 18.0. The maximum absolute atomic E-state index is 13.3. The van der Waals surface area contributed by atoms with Crippen molar-refractivity contribution in [3.05, 3.63) is 74.2 Å². The molecular formula is C28H28Cl2N2OS2. The molecule has 0 bridgehead atoms. The number of para-hydroxylation sites is 1. The van der Waals surface area contributed by atoms with Crippen LogP contribution >= 0.6 is 47.2 Å². The Kier molecular flexibility index (Phi) is 7.59. The van der Waals surface area contributed by atoms with E-state index in [0.29, 0.717) is 25.8 Å². The second-order valence-corrected chi connectivity index (χ2v) is 11.9. The van der Waals surface area contributed by atoms with E-state index in [1.54, 1.807) is 11.0 Å². The lowest BCUT2D eigenvalue weighted by Crippen LogP contribution is -2.30. The molecule has 2 fully saturated rings. The number of halogens is 2. The van der Waals surface area contributed by atoms with Crippen LogP contribution in [0.4, 0.5) is 0 Å². The lowest BCUT2D eigenvalue weighted by Gasteiger charge is -2.17. The third-order valence-electron chi connectivity index (χ3n) is 7.15. The Morgan fingerprint density at radius 2 is 1.94 bits per heavy atom. The minimum Gasteiger partial charge on any atom is -0.342 e. The molecular weight excluding hydrogens is 515 g/mol. The van der Waals surface area contributed by atoms with Crippen molar-refractivity contribution in [1.29, 1.82) is 0 Å². The zero-order valence-electron chi connectivity index (χ0n) is 19.7. The van der Waals surface area contributed by atoms with Gasteiger partial charge in [0.2, 0.25) is 0 Å². The van der Waals surface area contributed by atoms with E-state index in [4.69, 9.17) is 35.4 Å². The Labute approximate surface area is 226 Å².